The number of carbonyl (C=O) groups excluding carboxylic acids is 1. The first-order valence-electron chi connectivity index (χ1n) is 8.75. The first-order chi connectivity index (χ1) is 12.0. The zero-order chi connectivity index (χ0) is 18.2. The summed E-state index contributed by atoms with van der Waals surface area (Å²) in [6.45, 7) is 8.87. The molecular formula is C21H27NO3. The third-order valence-corrected chi connectivity index (χ3v) is 3.56. The minimum atomic E-state index is -0.186. The molecule has 0 heterocycles. The summed E-state index contributed by atoms with van der Waals surface area (Å²) in [5.74, 6) is 1.77. The van der Waals surface area contributed by atoms with Gasteiger partial charge < -0.3 is 14.8 Å². The minimum absolute atomic E-state index is 0.0377. The second kappa shape index (κ2) is 9.11. The fourth-order valence-electron chi connectivity index (χ4n) is 2.26. The average molecular weight is 341 g/mol. The van der Waals surface area contributed by atoms with Gasteiger partial charge in [0.25, 0.3) is 5.91 Å². The number of rotatable bonds is 8. The van der Waals surface area contributed by atoms with E-state index in [0.29, 0.717) is 35.3 Å². The molecule has 2 rings (SSSR count). The van der Waals surface area contributed by atoms with Crippen LogP contribution in [0.4, 0.5) is 5.69 Å². The van der Waals surface area contributed by atoms with E-state index in [9.17, 15) is 4.79 Å². The Morgan fingerprint density at radius 1 is 1.04 bits per heavy atom. The normalized spacial score (nSPS) is 10.8. The zero-order valence-corrected chi connectivity index (χ0v) is 15.4. The van der Waals surface area contributed by atoms with Crippen molar-refractivity contribution in [2.24, 2.45) is 5.92 Å². The highest BCUT2D eigenvalue weighted by Crippen LogP contribution is 2.26. The van der Waals surface area contributed by atoms with Gasteiger partial charge in [-0.15, -0.1) is 0 Å². The van der Waals surface area contributed by atoms with Crippen LogP contribution in [0.25, 0.3) is 0 Å². The average Bonchev–Trinajstić information content (AvgIpc) is 2.56. The van der Waals surface area contributed by atoms with E-state index in [0.717, 1.165) is 6.42 Å². The predicted octanol–water partition coefficient (Wildman–Crippen LogP) is 5.15. The SMILES string of the molecule is CC(C)CCOc1cccc(C(=O)Nc2ccccc2OC(C)C)c1. The fraction of sp³-hybridized carbons (Fsp3) is 0.381. The number of para-hydroxylation sites is 2. The molecule has 0 radical (unpaired) electrons. The van der Waals surface area contributed by atoms with Gasteiger partial charge in [0.2, 0.25) is 0 Å². The van der Waals surface area contributed by atoms with Gasteiger partial charge in [0.1, 0.15) is 11.5 Å². The lowest BCUT2D eigenvalue weighted by atomic mass is 10.1. The molecule has 25 heavy (non-hydrogen) atoms. The van der Waals surface area contributed by atoms with Crippen LogP contribution in [0, 0.1) is 5.92 Å². The molecular weight excluding hydrogens is 314 g/mol. The third kappa shape index (κ3) is 6.14. The third-order valence-electron chi connectivity index (χ3n) is 3.56. The van der Waals surface area contributed by atoms with Crippen LogP contribution in [0.3, 0.4) is 0 Å². The molecule has 2 aromatic rings. The van der Waals surface area contributed by atoms with Crippen molar-refractivity contribution < 1.29 is 14.3 Å². The van der Waals surface area contributed by atoms with Crippen LogP contribution in [0.5, 0.6) is 11.5 Å². The molecule has 0 aliphatic heterocycles. The van der Waals surface area contributed by atoms with Crippen molar-refractivity contribution in [3.05, 3.63) is 54.1 Å². The Balaban J connectivity index is 2.06. The van der Waals surface area contributed by atoms with E-state index in [-0.39, 0.29) is 12.0 Å². The summed E-state index contributed by atoms with van der Waals surface area (Å²) in [5, 5.41) is 2.91. The van der Waals surface area contributed by atoms with E-state index >= 15 is 0 Å². The lowest BCUT2D eigenvalue weighted by Gasteiger charge is -2.15. The molecule has 134 valence electrons. The number of amides is 1. The largest absolute Gasteiger partial charge is 0.494 e. The summed E-state index contributed by atoms with van der Waals surface area (Å²) in [5.41, 5.74) is 1.22. The molecule has 1 N–H and O–H groups in total. The van der Waals surface area contributed by atoms with Gasteiger partial charge in [-0.2, -0.15) is 0 Å². The van der Waals surface area contributed by atoms with Crippen molar-refractivity contribution >= 4 is 11.6 Å². The van der Waals surface area contributed by atoms with Crippen LogP contribution in [0.15, 0.2) is 48.5 Å². The van der Waals surface area contributed by atoms with Crippen molar-refractivity contribution in [3.63, 3.8) is 0 Å². The highest BCUT2D eigenvalue weighted by molar-refractivity contribution is 6.05. The van der Waals surface area contributed by atoms with Gasteiger partial charge >= 0.3 is 0 Å². The van der Waals surface area contributed by atoms with E-state index in [1.165, 1.54) is 0 Å². The van der Waals surface area contributed by atoms with Crippen molar-refractivity contribution in [2.75, 3.05) is 11.9 Å². The Kier molecular flexibility index (Phi) is 6.87. The molecule has 0 atom stereocenters. The summed E-state index contributed by atoms with van der Waals surface area (Å²) in [4.78, 5) is 12.6. The highest BCUT2D eigenvalue weighted by Gasteiger charge is 2.11. The maximum absolute atomic E-state index is 12.6. The second-order valence-corrected chi connectivity index (χ2v) is 6.68. The number of hydrogen-bond donors (Lipinski definition) is 1. The van der Waals surface area contributed by atoms with Gasteiger partial charge in [0, 0.05) is 5.56 Å². The first kappa shape index (κ1) is 18.8. The van der Waals surface area contributed by atoms with Crippen LogP contribution in [0.2, 0.25) is 0 Å². The molecule has 0 aliphatic carbocycles. The van der Waals surface area contributed by atoms with Gasteiger partial charge in [-0.1, -0.05) is 32.0 Å². The molecule has 2 aromatic carbocycles. The molecule has 0 unspecified atom stereocenters. The van der Waals surface area contributed by atoms with Crippen molar-refractivity contribution in [1.82, 2.24) is 0 Å². The summed E-state index contributed by atoms with van der Waals surface area (Å²) in [6.07, 6.45) is 1.02. The molecule has 0 bridgehead atoms. The standard InChI is InChI=1S/C21H27NO3/c1-15(2)12-13-24-18-9-7-8-17(14-18)21(23)22-19-10-5-6-11-20(19)25-16(3)4/h5-11,14-16H,12-13H2,1-4H3,(H,22,23). The topological polar surface area (TPSA) is 47.6 Å². The van der Waals surface area contributed by atoms with E-state index in [1.807, 2.05) is 50.2 Å². The molecule has 0 aliphatic rings. The van der Waals surface area contributed by atoms with E-state index < -0.39 is 0 Å². The molecule has 0 aromatic heterocycles. The maximum atomic E-state index is 12.6. The minimum Gasteiger partial charge on any atom is -0.494 e. The van der Waals surface area contributed by atoms with Crippen LogP contribution < -0.4 is 14.8 Å². The Labute approximate surface area is 150 Å². The summed E-state index contributed by atoms with van der Waals surface area (Å²) < 4.78 is 11.5. The molecule has 1 amide bonds. The number of carbonyl (C=O) groups is 1. The van der Waals surface area contributed by atoms with Gasteiger partial charge in [0.05, 0.1) is 18.4 Å². The number of anilines is 1. The van der Waals surface area contributed by atoms with Crippen LogP contribution in [0.1, 0.15) is 44.5 Å². The molecule has 0 spiro atoms. The monoisotopic (exact) mass is 341 g/mol. The number of benzene rings is 2. The summed E-state index contributed by atoms with van der Waals surface area (Å²) in [7, 11) is 0. The Morgan fingerprint density at radius 2 is 1.80 bits per heavy atom. The number of hydrogen-bond acceptors (Lipinski definition) is 3. The van der Waals surface area contributed by atoms with Gasteiger partial charge in [-0.3, -0.25) is 4.79 Å². The fourth-order valence-corrected chi connectivity index (χ4v) is 2.26. The molecule has 0 saturated carbocycles. The van der Waals surface area contributed by atoms with Crippen molar-refractivity contribution in [3.8, 4) is 11.5 Å². The Bertz CT molecular complexity index is 695. The van der Waals surface area contributed by atoms with Gasteiger partial charge in [0.15, 0.2) is 0 Å². The van der Waals surface area contributed by atoms with Crippen LogP contribution in [-0.2, 0) is 0 Å². The van der Waals surface area contributed by atoms with E-state index in [4.69, 9.17) is 9.47 Å². The molecule has 0 saturated heterocycles. The van der Waals surface area contributed by atoms with Gasteiger partial charge in [-0.25, -0.2) is 0 Å². The van der Waals surface area contributed by atoms with Crippen molar-refractivity contribution in [2.45, 2.75) is 40.2 Å². The van der Waals surface area contributed by atoms with Crippen molar-refractivity contribution in [1.29, 1.82) is 0 Å². The molecule has 4 nitrogen and oxygen atoms in total. The zero-order valence-electron chi connectivity index (χ0n) is 15.4. The lowest BCUT2D eigenvalue weighted by molar-refractivity contribution is 0.102. The number of ether oxygens (including phenoxy) is 2. The summed E-state index contributed by atoms with van der Waals surface area (Å²) >= 11 is 0. The lowest BCUT2D eigenvalue weighted by Crippen LogP contribution is -2.14. The Hall–Kier alpha value is -2.49. The molecule has 0 fully saturated rings. The van der Waals surface area contributed by atoms with Crippen LogP contribution in [-0.4, -0.2) is 18.6 Å². The quantitative estimate of drug-likeness (QED) is 0.722. The van der Waals surface area contributed by atoms with Crippen LogP contribution >= 0.6 is 0 Å². The maximum Gasteiger partial charge on any atom is 0.255 e. The summed E-state index contributed by atoms with van der Waals surface area (Å²) in [6, 6.07) is 14.7. The number of nitrogens with one attached hydrogen (secondary N) is 1. The highest BCUT2D eigenvalue weighted by atomic mass is 16.5. The smallest absolute Gasteiger partial charge is 0.255 e. The van der Waals surface area contributed by atoms with E-state index in [1.54, 1.807) is 12.1 Å². The first-order valence-corrected chi connectivity index (χ1v) is 8.75. The Morgan fingerprint density at radius 3 is 2.52 bits per heavy atom. The second-order valence-electron chi connectivity index (χ2n) is 6.68. The van der Waals surface area contributed by atoms with E-state index in [2.05, 4.69) is 19.2 Å². The predicted molar refractivity (Wildman–Crippen MR) is 102 cm³/mol. The molecule has 4 heteroatoms. The van der Waals surface area contributed by atoms with Gasteiger partial charge in [-0.05, 0) is 56.5 Å².